The minimum Gasteiger partial charge on any atom is -0.0767 e. The summed E-state index contributed by atoms with van der Waals surface area (Å²) in [6, 6.07) is 21.8. The summed E-state index contributed by atoms with van der Waals surface area (Å²) in [4.78, 5) is 0. The van der Waals surface area contributed by atoms with Crippen LogP contribution in [0.5, 0.6) is 0 Å². The Morgan fingerprint density at radius 3 is 1.79 bits per heavy atom. The molecule has 1 aliphatic rings. The Labute approximate surface area is 146 Å². The molecule has 0 nitrogen and oxygen atoms in total. The van der Waals surface area contributed by atoms with Crippen LogP contribution in [0.3, 0.4) is 0 Å². The van der Waals surface area contributed by atoms with Crippen molar-refractivity contribution in [2.45, 2.75) is 34.6 Å². The fourth-order valence-corrected chi connectivity index (χ4v) is 3.77. The predicted molar refractivity (Wildman–Crippen MR) is 106 cm³/mol. The van der Waals surface area contributed by atoms with Gasteiger partial charge in [0.05, 0.1) is 0 Å². The van der Waals surface area contributed by atoms with Gasteiger partial charge in [0.15, 0.2) is 0 Å². The second kappa shape index (κ2) is 6.43. The van der Waals surface area contributed by atoms with Gasteiger partial charge >= 0.3 is 0 Å². The monoisotopic (exact) mass is 316 g/mol. The minimum atomic E-state index is 0.102. The Kier molecular flexibility index (Phi) is 4.49. The Bertz CT molecular complexity index is 758. The molecule has 0 N–H and O–H groups in total. The number of rotatable bonds is 3. The van der Waals surface area contributed by atoms with E-state index in [1.807, 2.05) is 0 Å². The van der Waals surface area contributed by atoms with E-state index in [1.165, 1.54) is 27.8 Å². The van der Waals surface area contributed by atoms with E-state index in [0.29, 0.717) is 11.8 Å². The molecule has 1 aliphatic carbocycles. The molecule has 0 fully saturated rings. The Morgan fingerprint density at radius 2 is 1.29 bits per heavy atom. The Balaban J connectivity index is 2.36. The van der Waals surface area contributed by atoms with Gasteiger partial charge in [0.1, 0.15) is 0 Å². The first kappa shape index (κ1) is 16.8. The van der Waals surface area contributed by atoms with Crippen molar-refractivity contribution < 1.29 is 0 Å². The standard InChI is InChI=1S/C24H28/c1-17(2)21-16-18(3)24(4,5)23(20-14-10-7-11-15-20)22(21)19-12-8-6-9-13-19/h6-18H,1-5H3. The zero-order valence-corrected chi connectivity index (χ0v) is 15.5. The SMILES string of the molecule is CC(C)C1=CC(C)C(C)(C)C(c2ccccc2)=C1c1ccccc1. The van der Waals surface area contributed by atoms with Crippen LogP contribution in [-0.2, 0) is 0 Å². The summed E-state index contributed by atoms with van der Waals surface area (Å²) in [5.41, 5.74) is 7.17. The van der Waals surface area contributed by atoms with Crippen LogP contribution in [0.2, 0.25) is 0 Å². The second-order valence-corrected chi connectivity index (χ2v) is 7.77. The van der Waals surface area contributed by atoms with Gasteiger partial charge in [-0.3, -0.25) is 0 Å². The maximum atomic E-state index is 2.50. The first-order valence-electron chi connectivity index (χ1n) is 9.00. The first-order chi connectivity index (χ1) is 11.4. The van der Waals surface area contributed by atoms with Crippen LogP contribution in [0.15, 0.2) is 72.3 Å². The average Bonchev–Trinajstić information content (AvgIpc) is 2.58. The molecule has 2 aromatic carbocycles. The van der Waals surface area contributed by atoms with Crippen molar-refractivity contribution in [3.8, 4) is 0 Å². The van der Waals surface area contributed by atoms with Gasteiger partial charge in [-0.25, -0.2) is 0 Å². The molecule has 0 amide bonds. The zero-order chi connectivity index (χ0) is 17.3. The molecule has 24 heavy (non-hydrogen) atoms. The third kappa shape index (κ3) is 2.86. The molecule has 1 atom stereocenters. The van der Waals surface area contributed by atoms with Crippen molar-refractivity contribution in [3.63, 3.8) is 0 Å². The third-order valence-electron chi connectivity index (χ3n) is 5.50. The van der Waals surface area contributed by atoms with E-state index in [4.69, 9.17) is 0 Å². The van der Waals surface area contributed by atoms with Crippen molar-refractivity contribution in [1.29, 1.82) is 0 Å². The van der Waals surface area contributed by atoms with Crippen LogP contribution in [0.1, 0.15) is 45.7 Å². The van der Waals surface area contributed by atoms with E-state index >= 15 is 0 Å². The fraction of sp³-hybridized carbons (Fsp3) is 0.333. The van der Waals surface area contributed by atoms with Gasteiger partial charge in [-0.1, -0.05) is 101 Å². The smallest absolute Gasteiger partial charge is 0.00311 e. The maximum absolute atomic E-state index is 2.50. The first-order valence-corrected chi connectivity index (χ1v) is 9.00. The number of hydrogen-bond acceptors (Lipinski definition) is 0. The molecule has 0 saturated carbocycles. The Morgan fingerprint density at radius 1 is 0.792 bits per heavy atom. The number of allylic oxidation sites excluding steroid dienone is 4. The van der Waals surface area contributed by atoms with Crippen molar-refractivity contribution in [1.82, 2.24) is 0 Å². The Hall–Kier alpha value is -2.08. The maximum Gasteiger partial charge on any atom is -0.00311 e. The van der Waals surface area contributed by atoms with Crippen LogP contribution in [-0.4, -0.2) is 0 Å². The molecular formula is C24H28. The largest absolute Gasteiger partial charge is 0.0767 e. The lowest BCUT2D eigenvalue weighted by Gasteiger charge is -2.41. The lowest BCUT2D eigenvalue weighted by Crippen LogP contribution is -2.28. The average molecular weight is 316 g/mol. The van der Waals surface area contributed by atoms with Gasteiger partial charge in [-0.2, -0.15) is 0 Å². The highest BCUT2D eigenvalue weighted by Gasteiger charge is 2.37. The molecule has 0 aromatic heterocycles. The summed E-state index contributed by atoms with van der Waals surface area (Å²) in [5, 5.41) is 0. The van der Waals surface area contributed by atoms with E-state index in [2.05, 4.69) is 101 Å². The predicted octanol–water partition coefficient (Wildman–Crippen LogP) is 6.86. The van der Waals surface area contributed by atoms with Crippen molar-refractivity contribution in [2.24, 2.45) is 17.3 Å². The lowest BCUT2D eigenvalue weighted by molar-refractivity contribution is 0.378. The van der Waals surface area contributed by atoms with Crippen LogP contribution >= 0.6 is 0 Å². The summed E-state index contributed by atoms with van der Waals surface area (Å²) in [5.74, 6) is 1.02. The molecule has 0 spiro atoms. The summed E-state index contributed by atoms with van der Waals surface area (Å²) < 4.78 is 0. The van der Waals surface area contributed by atoms with Gasteiger partial charge in [0, 0.05) is 0 Å². The lowest BCUT2D eigenvalue weighted by atomic mass is 9.63. The van der Waals surface area contributed by atoms with E-state index in [9.17, 15) is 0 Å². The van der Waals surface area contributed by atoms with Crippen molar-refractivity contribution >= 4 is 11.1 Å². The molecule has 0 bridgehead atoms. The summed E-state index contributed by atoms with van der Waals surface area (Å²) >= 11 is 0. The van der Waals surface area contributed by atoms with Crippen molar-refractivity contribution in [3.05, 3.63) is 83.4 Å². The highest BCUT2D eigenvalue weighted by molar-refractivity contribution is 6.01. The number of benzene rings is 2. The molecule has 0 heterocycles. The van der Waals surface area contributed by atoms with Crippen molar-refractivity contribution in [2.75, 3.05) is 0 Å². The topological polar surface area (TPSA) is 0 Å². The molecule has 0 heteroatoms. The zero-order valence-electron chi connectivity index (χ0n) is 15.5. The van der Waals surface area contributed by atoms with Gasteiger partial charge < -0.3 is 0 Å². The summed E-state index contributed by atoms with van der Waals surface area (Å²) in [6.45, 7) is 11.7. The van der Waals surface area contributed by atoms with Gasteiger partial charge in [0.2, 0.25) is 0 Å². The molecule has 0 aliphatic heterocycles. The van der Waals surface area contributed by atoms with Crippen LogP contribution in [0.4, 0.5) is 0 Å². The highest BCUT2D eigenvalue weighted by atomic mass is 14.4. The normalized spacial score (nSPS) is 20.2. The second-order valence-electron chi connectivity index (χ2n) is 7.77. The van der Waals surface area contributed by atoms with E-state index < -0.39 is 0 Å². The third-order valence-corrected chi connectivity index (χ3v) is 5.50. The summed E-state index contributed by atoms with van der Waals surface area (Å²) in [6.07, 6.45) is 2.50. The molecular weight excluding hydrogens is 288 g/mol. The summed E-state index contributed by atoms with van der Waals surface area (Å²) in [7, 11) is 0. The van der Waals surface area contributed by atoms with E-state index in [-0.39, 0.29) is 5.41 Å². The van der Waals surface area contributed by atoms with E-state index in [1.54, 1.807) is 0 Å². The van der Waals surface area contributed by atoms with E-state index in [0.717, 1.165) is 0 Å². The minimum absolute atomic E-state index is 0.102. The van der Waals surface area contributed by atoms with Crippen LogP contribution in [0.25, 0.3) is 11.1 Å². The van der Waals surface area contributed by atoms with Gasteiger partial charge in [-0.15, -0.1) is 0 Å². The molecule has 124 valence electrons. The molecule has 0 saturated heterocycles. The van der Waals surface area contributed by atoms with Gasteiger partial charge in [0.25, 0.3) is 0 Å². The van der Waals surface area contributed by atoms with Crippen LogP contribution < -0.4 is 0 Å². The number of hydrogen-bond donors (Lipinski definition) is 0. The van der Waals surface area contributed by atoms with Crippen LogP contribution in [0, 0.1) is 17.3 Å². The molecule has 3 rings (SSSR count). The quantitative estimate of drug-likeness (QED) is 0.580. The molecule has 0 radical (unpaired) electrons. The fourth-order valence-electron chi connectivity index (χ4n) is 3.77. The highest BCUT2D eigenvalue weighted by Crippen LogP contribution is 2.52. The van der Waals surface area contributed by atoms with Gasteiger partial charge in [-0.05, 0) is 45.1 Å². The molecule has 1 unspecified atom stereocenters. The molecule has 2 aromatic rings.